The molecular weight excluding hydrogens is 384 g/mol. The second-order valence-electron chi connectivity index (χ2n) is 6.42. The van der Waals surface area contributed by atoms with Gasteiger partial charge in [0.25, 0.3) is 11.6 Å². The first kappa shape index (κ1) is 19.6. The summed E-state index contributed by atoms with van der Waals surface area (Å²) < 4.78 is 0. The standard InChI is InChI=1S/C19H19ClN4O4/c1-13(25)22-8-10-23(11-9-22)15-4-2-14(3-5-15)21-19(26)17-12-16(24(27)28)6-7-18(17)20/h2-7,12H,8-11H2,1H3,(H,21,26). The lowest BCUT2D eigenvalue weighted by Crippen LogP contribution is -2.48. The molecule has 28 heavy (non-hydrogen) atoms. The Hall–Kier alpha value is -3.13. The fourth-order valence-electron chi connectivity index (χ4n) is 3.03. The number of nitrogens with one attached hydrogen (secondary N) is 1. The molecule has 1 heterocycles. The molecule has 0 bridgehead atoms. The molecule has 0 saturated carbocycles. The van der Waals surface area contributed by atoms with E-state index in [9.17, 15) is 19.7 Å². The normalized spacial score (nSPS) is 13.9. The number of nitrogens with zero attached hydrogens (tertiary/aromatic N) is 3. The molecule has 0 atom stereocenters. The predicted molar refractivity (Wildman–Crippen MR) is 107 cm³/mol. The van der Waals surface area contributed by atoms with Gasteiger partial charge in [-0.25, -0.2) is 0 Å². The van der Waals surface area contributed by atoms with Gasteiger partial charge in [-0.1, -0.05) is 11.6 Å². The van der Waals surface area contributed by atoms with Gasteiger partial charge in [0.15, 0.2) is 0 Å². The Labute approximate surface area is 166 Å². The quantitative estimate of drug-likeness (QED) is 0.626. The van der Waals surface area contributed by atoms with Crippen LogP contribution in [-0.4, -0.2) is 47.8 Å². The fourth-order valence-corrected chi connectivity index (χ4v) is 3.24. The number of non-ortho nitro benzene ring substituents is 1. The third kappa shape index (κ3) is 4.40. The van der Waals surface area contributed by atoms with Crippen molar-refractivity contribution in [2.75, 3.05) is 36.4 Å². The van der Waals surface area contributed by atoms with E-state index in [1.54, 1.807) is 19.1 Å². The Bertz CT molecular complexity index is 909. The smallest absolute Gasteiger partial charge is 0.270 e. The number of hydrogen-bond donors (Lipinski definition) is 1. The summed E-state index contributed by atoms with van der Waals surface area (Å²) in [4.78, 5) is 38.1. The number of nitro groups is 1. The minimum Gasteiger partial charge on any atom is -0.368 e. The highest BCUT2D eigenvalue weighted by molar-refractivity contribution is 6.34. The molecule has 9 heteroatoms. The zero-order valence-electron chi connectivity index (χ0n) is 15.2. The maximum atomic E-state index is 12.4. The zero-order valence-corrected chi connectivity index (χ0v) is 16.0. The number of anilines is 2. The number of carbonyl (C=O) groups excluding carboxylic acids is 2. The molecule has 1 aliphatic rings. The second kappa shape index (κ2) is 8.26. The molecule has 3 rings (SSSR count). The Morgan fingerprint density at radius 2 is 1.71 bits per heavy atom. The van der Waals surface area contributed by atoms with Crippen LogP contribution in [0.15, 0.2) is 42.5 Å². The van der Waals surface area contributed by atoms with Crippen LogP contribution in [0.1, 0.15) is 17.3 Å². The summed E-state index contributed by atoms with van der Waals surface area (Å²) in [5, 5.41) is 13.7. The Morgan fingerprint density at radius 1 is 1.07 bits per heavy atom. The third-order valence-corrected chi connectivity index (χ3v) is 4.95. The molecule has 0 aromatic heterocycles. The summed E-state index contributed by atoms with van der Waals surface area (Å²) >= 11 is 6.00. The number of benzene rings is 2. The topological polar surface area (TPSA) is 95.8 Å². The van der Waals surface area contributed by atoms with Crippen LogP contribution in [-0.2, 0) is 4.79 Å². The fraction of sp³-hybridized carbons (Fsp3) is 0.263. The molecule has 0 spiro atoms. The van der Waals surface area contributed by atoms with Crippen LogP contribution in [0.5, 0.6) is 0 Å². The highest BCUT2D eigenvalue weighted by Gasteiger charge is 2.19. The number of halogens is 1. The highest BCUT2D eigenvalue weighted by Crippen LogP contribution is 2.24. The molecule has 2 aromatic carbocycles. The van der Waals surface area contributed by atoms with Gasteiger partial charge in [0, 0.05) is 56.6 Å². The molecule has 2 amide bonds. The average molecular weight is 403 g/mol. The summed E-state index contributed by atoms with van der Waals surface area (Å²) in [6.45, 7) is 4.42. The summed E-state index contributed by atoms with van der Waals surface area (Å²) in [5.41, 5.74) is 1.39. The van der Waals surface area contributed by atoms with Crippen LogP contribution < -0.4 is 10.2 Å². The van der Waals surface area contributed by atoms with Crippen molar-refractivity contribution < 1.29 is 14.5 Å². The van der Waals surface area contributed by atoms with Gasteiger partial charge in [-0.15, -0.1) is 0 Å². The molecule has 146 valence electrons. The van der Waals surface area contributed by atoms with Crippen molar-refractivity contribution in [1.29, 1.82) is 0 Å². The molecule has 0 aliphatic carbocycles. The Kier molecular flexibility index (Phi) is 5.79. The van der Waals surface area contributed by atoms with Crippen molar-refractivity contribution in [3.05, 3.63) is 63.2 Å². The lowest BCUT2D eigenvalue weighted by Gasteiger charge is -2.35. The van der Waals surface area contributed by atoms with Crippen LogP contribution in [0.25, 0.3) is 0 Å². The van der Waals surface area contributed by atoms with Gasteiger partial charge >= 0.3 is 0 Å². The lowest BCUT2D eigenvalue weighted by atomic mass is 10.1. The Morgan fingerprint density at radius 3 is 2.29 bits per heavy atom. The largest absolute Gasteiger partial charge is 0.368 e. The number of piperazine rings is 1. The maximum Gasteiger partial charge on any atom is 0.270 e. The van der Waals surface area contributed by atoms with E-state index in [2.05, 4.69) is 10.2 Å². The predicted octanol–water partition coefficient (Wildman–Crippen LogP) is 3.17. The number of hydrogen-bond acceptors (Lipinski definition) is 5. The van der Waals surface area contributed by atoms with E-state index < -0.39 is 10.8 Å². The highest BCUT2D eigenvalue weighted by atomic mass is 35.5. The minimum absolute atomic E-state index is 0.0419. The average Bonchev–Trinajstić information content (AvgIpc) is 2.68. The lowest BCUT2D eigenvalue weighted by molar-refractivity contribution is -0.384. The third-order valence-electron chi connectivity index (χ3n) is 4.62. The first-order valence-electron chi connectivity index (χ1n) is 8.71. The van der Waals surface area contributed by atoms with E-state index in [0.717, 1.165) is 24.8 Å². The zero-order chi connectivity index (χ0) is 20.3. The van der Waals surface area contributed by atoms with E-state index >= 15 is 0 Å². The van der Waals surface area contributed by atoms with Crippen molar-refractivity contribution in [3.8, 4) is 0 Å². The van der Waals surface area contributed by atoms with Gasteiger partial charge in [-0.05, 0) is 30.3 Å². The van der Waals surface area contributed by atoms with E-state index in [1.165, 1.54) is 12.1 Å². The van der Waals surface area contributed by atoms with Crippen LogP contribution in [0.2, 0.25) is 5.02 Å². The number of rotatable bonds is 4. The summed E-state index contributed by atoms with van der Waals surface area (Å²) in [5.74, 6) is -0.436. The van der Waals surface area contributed by atoms with Crippen LogP contribution in [0.4, 0.5) is 17.1 Å². The Balaban J connectivity index is 1.66. The molecule has 0 unspecified atom stereocenters. The van der Waals surface area contributed by atoms with E-state index in [0.29, 0.717) is 18.8 Å². The minimum atomic E-state index is -0.576. The van der Waals surface area contributed by atoms with Gasteiger partial charge < -0.3 is 15.1 Å². The first-order chi connectivity index (χ1) is 13.3. The number of amides is 2. The van der Waals surface area contributed by atoms with Gasteiger partial charge in [0.05, 0.1) is 15.5 Å². The molecule has 1 N–H and O–H groups in total. The summed E-state index contributed by atoms with van der Waals surface area (Å²) in [6, 6.07) is 11.0. The molecule has 0 radical (unpaired) electrons. The summed E-state index contributed by atoms with van der Waals surface area (Å²) in [6.07, 6.45) is 0. The molecule has 8 nitrogen and oxygen atoms in total. The van der Waals surface area contributed by atoms with Crippen molar-refractivity contribution in [1.82, 2.24) is 4.90 Å². The van der Waals surface area contributed by atoms with Crippen LogP contribution in [0, 0.1) is 10.1 Å². The van der Waals surface area contributed by atoms with E-state index in [1.807, 2.05) is 17.0 Å². The maximum absolute atomic E-state index is 12.4. The number of carbonyl (C=O) groups is 2. The van der Waals surface area contributed by atoms with Crippen molar-refractivity contribution in [2.45, 2.75) is 6.92 Å². The molecule has 1 fully saturated rings. The monoisotopic (exact) mass is 402 g/mol. The van der Waals surface area contributed by atoms with Crippen molar-refractivity contribution in [2.24, 2.45) is 0 Å². The van der Waals surface area contributed by atoms with Crippen LogP contribution >= 0.6 is 11.6 Å². The van der Waals surface area contributed by atoms with Gasteiger partial charge in [-0.2, -0.15) is 0 Å². The number of nitro benzene ring substituents is 1. The van der Waals surface area contributed by atoms with Crippen molar-refractivity contribution in [3.63, 3.8) is 0 Å². The molecular formula is C19H19ClN4O4. The first-order valence-corrected chi connectivity index (χ1v) is 9.09. The molecule has 1 saturated heterocycles. The van der Waals surface area contributed by atoms with Gasteiger partial charge in [-0.3, -0.25) is 19.7 Å². The SMILES string of the molecule is CC(=O)N1CCN(c2ccc(NC(=O)c3cc([N+](=O)[O-])ccc3Cl)cc2)CC1. The second-order valence-corrected chi connectivity index (χ2v) is 6.82. The summed E-state index contributed by atoms with van der Waals surface area (Å²) in [7, 11) is 0. The van der Waals surface area contributed by atoms with Gasteiger partial charge in [0.1, 0.15) is 0 Å². The van der Waals surface area contributed by atoms with Crippen molar-refractivity contribution >= 4 is 40.5 Å². The molecule has 2 aromatic rings. The molecule has 1 aliphatic heterocycles. The van der Waals surface area contributed by atoms with E-state index in [-0.39, 0.29) is 22.2 Å². The van der Waals surface area contributed by atoms with E-state index in [4.69, 9.17) is 11.6 Å². The van der Waals surface area contributed by atoms with Crippen LogP contribution in [0.3, 0.4) is 0 Å². The van der Waals surface area contributed by atoms with Gasteiger partial charge in [0.2, 0.25) is 5.91 Å².